The number of amides is 1. The Hall–Kier alpha value is -2.54. The molecule has 1 aliphatic heterocycles. The van der Waals surface area contributed by atoms with Crippen LogP contribution in [0.25, 0.3) is 11.3 Å². The lowest BCUT2D eigenvalue weighted by Gasteiger charge is -2.38. The molecular weight excluding hydrogens is 361 g/mol. The van der Waals surface area contributed by atoms with E-state index in [2.05, 4.69) is 11.9 Å². The van der Waals surface area contributed by atoms with E-state index in [1.165, 1.54) is 23.0 Å². The van der Waals surface area contributed by atoms with E-state index in [-0.39, 0.29) is 35.2 Å². The smallest absolute Gasteiger partial charge is 0.253 e. The normalized spacial score (nSPS) is 23.5. The molecule has 1 saturated heterocycles. The average Bonchev–Trinajstić information content (AvgIpc) is 3.40. The molecule has 2 atom stereocenters. The molecule has 1 aromatic heterocycles. The van der Waals surface area contributed by atoms with Crippen LogP contribution in [0.5, 0.6) is 0 Å². The van der Waals surface area contributed by atoms with Crippen LogP contribution in [-0.2, 0) is 11.3 Å². The number of carbonyl (C=O) groups is 1. The van der Waals surface area contributed by atoms with Crippen LogP contribution in [0, 0.1) is 17.7 Å². The Morgan fingerprint density at radius 2 is 2.00 bits per heavy atom. The fourth-order valence-electron chi connectivity index (χ4n) is 3.88. The quantitative estimate of drug-likeness (QED) is 0.874. The van der Waals surface area contributed by atoms with Gasteiger partial charge in [-0.1, -0.05) is 19.1 Å². The zero-order chi connectivity index (χ0) is 19.9. The van der Waals surface area contributed by atoms with Crippen LogP contribution >= 0.6 is 0 Å². The molecule has 7 heteroatoms. The van der Waals surface area contributed by atoms with Gasteiger partial charge in [0, 0.05) is 30.6 Å². The third kappa shape index (κ3) is 3.71. The Kier molecular flexibility index (Phi) is 4.79. The molecule has 0 radical (unpaired) electrons. The van der Waals surface area contributed by atoms with Crippen molar-refractivity contribution in [2.45, 2.75) is 38.3 Å². The van der Waals surface area contributed by atoms with Gasteiger partial charge in [0.1, 0.15) is 5.82 Å². The number of benzene rings is 1. The van der Waals surface area contributed by atoms with Crippen molar-refractivity contribution >= 4 is 5.91 Å². The van der Waals surface area contributed by atoms with Gasteiger partial charge in [-0.25, -0.2) is 9.37 Å². The van der Waals surface area contributed by atoms with Crippen molar-refractivity contribution in [3.05, 3.63) is 52.8 Å². The largest absolute Gasteiger partial charge is 0.388 e. The monoisotopic (exact) mass is 385 g/mol. The Balaban J connectivity index is 1.44. The second-order valence-corrected chi connectivity index (χ2v) is 8.09. The summed E-state index contributed by atoms with van der Waals surface area (Å²) < 4.78 is 15.3. The molecule has 6 nitrogen and oxygen atoms in total. The van der Waals surface area contributed by atoms with Crippen LogP contribution in [-0.4, -0.2) is 44.2 Å². The van der Waals surface area contributed by atoms with Gasteiger partial charge >= 0.3 is 0 Å². The van der Waals surface area contributed by atoms with Crippen molar-refractivity contribution in [2.24, 2.45) is 11.8 Å². The molecule has 0 spiro atoms. The van der Waals surface area contributed by atoms with Gasteiger partial charge < -0.3 is 10.0 Å². The standard InChI is InChI=1S/C21H24FN3O3/c1-14-10-16(14)20(27)24-8-6-21(28,7-9-24)12-25-13-23-18(11-19(25)26)15-4-2-3-5-17(15)22/h2-5,11,13-14,16,28H,6-10,12H2,1H3/t14-,16+/m0/s1. The minimum atomic E-state index is -1.06. The van der Waals surface area contributed by atoms with Gasteiger partial charge in [-0.2, -0.15) is 0 Å². The molecule has 1 amide bonds. The molecule has 2 aliphatic rings. The van der Waals surface area contributed by atoms with Crippen LogP contribution < -0.4 is 5.56 Å². The van der Waals surface area contributed by atoms with E-state index in [1.807, 2.05) is 4.90 Å². The second kappa shape index (κ2) is 7.13. The Morgan fingerprint density at radius 1 is 1.32 bits per heavy atom. The summed E-state index contributed by atoms with van der Waals surface area (Å²) in [5, 5.41) is 10.9. The summed E-state index contributed by atoms with van der Waals surface area (Å²) in [6, 6.07) is 7.45. The minimum Gasteiger partial charge on any atom is -0.388 e. The van der Waals surface area contributed by atoms with Crippen LogP contribution in [0.2, 0.25) is 0 Å². The van der Waals surface area contributed by atoms with E-state index >= 15 is 0 Å². The fraction of sp³-hybridized carbons (Fsp3) is 0.476. The lowest BCUT2D eigenvalue weighted by atomic mass is 9.91. The first-order valence-corrected chi connectivity index (χ1v) is 9.69. The molecule has 28 heavy (non-hydrogen) atoms. The van der Waals surface area contributed by atoms with Crippen molar-refractivity contribution < 1.29 is 14.3 Å². The van der Waals surface area contributed by atoms with E-state index in [4.69, 9.17) is 0 Å². The molecule has 2 aromatic rings. The lowest BCUT2D eigenvalue weighted by molar-refractivity contribution is -0.137. The van der Waals surface area contributed by atoms with Crippen molar-refractivity contribution in [3.63, 3.8) is 0 Å². The van der Waals surface area contributed by atoms with E-state index in [9.17, 15) is 19.1 Å². The first kappa shape index (κ1) is 18.8. The molecule has 2 fully saturated rings. The molecule has 1 aliphatic carbocycles. The van der Waals surface area contributed by atoms with Gasteiger partial charge in [-0.15, -0.1) is 0 Å². The zero-order valence-corrected chi connectivity index (χ0v) is 15.8. The number of aromatic nitrogens is 2. The number of carbonyl (C=O) groups excluding carboxylic acids is 1. The highest BCUT2D eigenvalue weighted by atomic mass is 19.1. The number of piperidine rings is 1. The van der Waals surface area contributed by atoms with E-state index < -0.39 is 11.4 Å². The summed E-state index contributed by atoms with van der Waals surface area (Å²) in [6.45, 7) is 3.17. The number of halogens is 1. The topological polar surface area (TPSA) is 75.4 Å². The molecule has 1 N–H and O–H groups in total. The van der Waals surface area contributed by atoms with Gasteiger partial charge in [0.15, 0.2) is 0 Å². The third-order valence-electron chi connectivity index (χ3n) is 5.93. The maximum Gasteiger partial charge on any atom is 0.253 e. The first-order chi connectivity index (χ1) is 13.4. The van der Waals surface area contributed by atoms with E-state index in [1.54, 1.807) is 18.2 Å². The molecule has 4 rings (SSSR count). The van der Waals surface area contributed by atoms with Crippen molar-refractivity contribution in [1.82, 2.24) is 14.5 Å². The van der Waals surface area contributed by atoms with Gasteiger partial charge in [-0.05, 0) is 37.3 Å². The van der Waals surface area contributed by atoms with Crippen LogP contribution in [0.15, 0.2) is 41.5 Å². The van der Waals surface area contributed by atoms with Gasteiger partial charge in [0.2, 0.25) is 5.91 Å². The average molecular weight is 385 g/mol. The van der Waals surface area contributed by atoms with Crippen molar-refractivity contribution in [3.8, 4) is 11.3 Å². The minimum absolute atomic E-state index is 0.109. The molecule has 148 valence electrons. The summed E-state index contributed by atoms with van der Waals surface area (Å²) in [5.74, 6) is 0.352. The number of hydrogen-bond donors (Lipinski definition) is 1. The summed E-state index contributed by atoms with van der Waals surface area (Å²) >= 11 is 0. The van der Waals surface area contributed by atoms with Gasteiger partial charge in [0.05, 0.1) is 24.2 Å². The summed E-state index contributed by atoms with van der Waals surface area (Å²) in [5.41, 5.74) is -0.861. The van der Waals surface area contributed by atoms with Crippen molar-refractivity contribution in [2.75, 3.05) is 13.1 Å². The Morgan fingerprint density at radius 3 is 2.61 bits per heavy atom. The van der Waals surface area contributed by atoms with Crippen LogP contribution in [0.3, 0.4) is 0 Å². The molecule has 1 aromatic carbocycles. The lowest BCUT2D eigenvalue weighted by Crippen LogP contribution is -2.50. The van der Waals surface area contributed by atoms with Gasteiger partial charge in [-0.3, -0.25) is 14.2 Å². The SMILES string of the molecule is C[C@H]1C[C@H]1C(=O)N1CCC(O)(Cn2cnc(-c3ccccc3F)cc2=O)CC1. The number of likely N-dealkylation sites (tertiary alicyclic amines) is 1. The zero-order valence-electron chi connectivity index (χ0n) is 15.8. The molecule has 0 bridgehead atoms. The van der Waals surface area contributed by atoms with Gasteiger partial charge in [0.25, 0.3) is 5.56 Å². The number of aliphatic hydroxyl groups is 1. The second-order valence-electron chi connectivity index (χ2n) is 8.09. The van der Waals surface area contributed by atoms with E-state index in [0.29, 0.717) is 31.8 Å². The third-order valence-corrected chi connectivity index (χ3v) is 5.93. The summed E-state index contributed by atoms with van der Waals surface area (Å²) in [7, 11) is 0. The van der Waals surface area contributed by atoms with Crippen LogP contribution in [0.4, 0.5) is 4.39 Å². The van der Waals surface area contributed by atoms with E-state index in [0.717, 1.165) is 6.42 Å². The highest BCUT2D eigenvalue weighted by Crippen LogP contribution is 2.40. The summed E-state index contributed by atoms with van der Waals surface area (Å²) in [6.07, 6.45) is 3.14. The number of rotatable bonds is 4. The first-order valence-electron chi connectivity index (χ1n) is 9.69. The maximum atomic E-state index is 13.9. The van der Waals surface area contributed by atoms with Crippen molar-refractivity contribution in [1.29, 1.82) is 0 Å². The van der Waals surface area contributed by atoms with Crippen LogP contribution in [0.1, 0.15) is 26.2 Å². The molecular formula is C21H24FN3O3. The molecule has 2 heterocycles. The Labute approximate surface area is 162 Å². The number of hydrogen-bond acceptors (Lipinski definition) is 4. The number of nitrogens with zero attached hydrogens (tertiary/aromatic N) is 3. The fourth-order valence-corrected chi connectivity index (χ4v) is 3.88. The maximum absolute atomic E-state index is 13.9. The Bertz CT molecular complexity index is 950. The highest BCUT2D eigenvalue weighted by molar-refractivity contribution is 5.81. The highest BCUT2D eigenvalue weighted by Gasteiger charge is 2.43. The predicted octanol–water partition coefficient (Wildman–Crippen LogP) is 2.06. The molecule has 0 unspecified atom stereocenters. The predicted molar refractivity (Wildman–Crippen MR) is 102 cm³/mol. The summed E-state index contributed by atoms with van der Waals surface area (Å²) in [4.78, 5) is 30.8. The molecule has 1 saturated carbocycles.